The first-order valence-corrected chi connectivity index (χ1v) is 9.47. The summed E-state index contributed by atoms with van der Waals surface area (Å²) in [6, 6.07) is 8.29. The van der Waals surface area contributed by atoms with E-state index in [1.165, 1.54) is 24.3 Å². The number of carboxylic acids is 1. The van der Waals surface area contributed by atoms with E-state index >= 15 is 0 Å². The molecule has 0 spiro atoms. The molecule has 10 heteroatoms. The third-order valence-corrected chi connectivity index (χ3v) is 5.19. The lowest BCUT2D eigenvalue weighted by Gasteiger charge is -2.39. The van der Waals surface area contributed by atoms with Crippen molar-refractivity contribution >= 4 is 5.97 Å². The molecule has 0 aliphatic carbocycles. The second kappa shape index (κ2) is 9.91. The number of nitrogens with zero attached hydrogens (tertiary/aromatic N) is 2. The van der Waals surface area contributed by atoms with Gasteiger partial charge in [0.15, 0.2) is 0 Å². The van der Waals surface area contributed by atoms with Crippen LogP contribution in [0.4, 0.5) is 26.3 Å². The summed E-state index contributed by atoms with van der Waals surface area (Å²) in [7, 11) is 0. The maximum atomic E-state index is 13.2. The number of alkyl halides is 6. The molecule has 1 fully saturated rings. The highest BCUT2D eigenvalue weighted by Gasteiger charge is 2.35. The first-order valence-electron chi connectivity index (χ1n) is 9.47. The van der Waals surface area contributed by atoms with Gasteiger partial charge in [0.25, 0.3) is 0 Å². The Hall–Kier alpha value is -2.59. The number of benzene rings is 2. The molecule has 0 unspecified atom stereocenters. The molecule has 3 rings (SSSR count). The highest BCUT2D eigenvalue weighted by Crippen LogP contribution is 2.37. The molecule has 0 bridgehead atoms. The van der Waals surface area contributed by atoms with Crippen molar-refractivity contribution in [1.82, 2.24) is 9.80 Å². The van der Waals surface area contributed by atoms with E-state index < -0.39 is 35.5 Å². The SMILES string of the molecule is C.O=C(O)CN1CCN(C(c2cccc(C(F)(F)F)c2)c2cccc(C(F)(F)F)c2)CC1. The molecule has 2 aromatic rings. The van der Waals surface area contributed by atoms with Gasteiger partial charge in [-0.15, -0.1) is 0 Å². The molecule has 1 heterocycles. The van der Waals surface area contributed by atoms with Crippen molar-refractivity contribution in [2.24, 2.45) is 0 Å². The molecule has 1 aliphatic heterocycles. The number of hydrogen-bond donors (Lipinski definition) is 1. The summed E-state index contributed by atoms with van der Waals surface area (Å²) < 4.78 is 79.5. The lowest BCUT2D eigenvalue weighted by atomic mass is 9.93. The summed E-state index contributed by atoms with van der Waals surface area (Å²) >= 11 is 0. The van der Waals surface area contributed by atoms with Gasteiger partial charge in [0.2, 0.25) is 0 Å². The van der Waals surface area contributed by atoms with E-state index in [9.17, 15) is 31.1 Å². The second-order valence-corrected chi connectivity index (χ2v) is 7.35. The van der Waals surface area contributed by atoms with Crippen LogP contribution in [0.3, 0.4) is 0 Å². The van der Waals surface area contributed by atoms with Crippen LogP contribution in [-0.2, 0) is 17.1 Å². The number of halogens is 6. The van der Waals surface area contributed by atoms with Crippen LogP contribution in [-0.4, -0.2) is 53.6 Å². The number of aliphatic carboxylic acids is 1. The Balaban J connectivity index is 0.00000363. The van der Waals surface area contributed by atoms with E-state index in [-0.39, 0.29) is 25.1 Å². The zero-order valence-electron chi connectivity index (χ0n) is 16.2. The molecule has 2 aromatic carbocycles. The van der Waals surface area contributed by atoms with E-state index in [0.717, 1.165) is 24.3 Å². The third-order valence-electron chi connectivity index (χ3n) is 5.19. The normalized spacial score (nSPS) is 16.1. The zero-order chi connectivity index (χ0) is 22.8. The van der Waals surface area contributed by atoms with Crippen molar-refractivity contribution in [2.75, 3.05) is 32.7 Å². The molecule has 1 saturated heterocycles. The molecule has 0 aromatic heterocycles. The van der Waals surface area contributed by atoms with Gasteiger partial charge in [-0.25, -0.2) is 0 Å². The average Bonchev–Trinajstić information content (AvgIpc) is 2.68. The smallest absolute Gasteiger partial charge is 0.416 e. The van der Waals surface area contributed by atoms with Crippen LogP contribution in [0.1, 0.15) is 35.7 Å². The number of rotatable bonds is 5. The minimum Gasteiger partial charge on any atom is -0.480 e. The summed E-state index contributed by atoms with van der Waals surface area (Å²) in [4.78, 5) is 14.4. The molecule has 0 amide bonds. The van der Waals surface area contributed by atoms with E-state index in [2.05, 4.69) is 0 Å². The van der Waals surface area contributed by atoms with Crippen LogP contribution in [0, 0.1) is 0 Å². The minimum absolute atomic E-state index is 0. The van der Waals surface area contributed by atoms with Crippen LogP contribution < -0.4 is 0 Å². The highest BCUT2D eigenvalue weighted by molar-refractivity contribution is 5.69. The van der Waals surface area contributed by atoms with Gasteiger partial charge >= 0.3 is 18.3 Å². The summed E-state index contributed by atoms with van der Waals surface area (Å²) in [5.41, 5.74) is -1.32. The summed E-state index contributed by atoms with van der Waals surface area (Å²) in [5, 5.41) is 8.94. The molecule has 176 valence electrons. The fourth-order valence-electron chi connectivity index (χ4n) is 3.76. The van der Waals surface area contributed by atoms with Gasteiger partial charge in [-0.1, -0.05) is 31.7 Å². The number of piperazine rings is 1. The van der Waals surface area contributed by atoms with Crippen LogP contribution >= 0.6 is 0 Å². The molecule has 0 radical (unpaired) electrons. The van der Waals surface area contributed by atoms with Gasteiger partial charge in [0, 0.05) is 26.2 Å². The van der Waals surface area contributed by atoms with Gasteiger partial charge < -0.3 is 5.11 Å². The van der Waals surface area contributed by atoms with Gasteiger partial charge in [0.05, 0.1) is 23.7 Å². The highest BCUT2D eigenvalue weighted by atomic mass is 19.4. The number of hydrogen-bond acceptors (Lipinski definition) is 3. The Kier molecular flexibility index (Phi) is 7.95. The zero-order valence-corrected chi connectivity index (χ0v) is 16.2. The first-order chi connectivity index (χ1) is 14.4. The molecule has 1 N–H and O–H groups in total. The summed E-state index contributed by atoms with van der Waals surface area (Å²) in [6.07, 6.45) is -9.18. The van der Waals surface area contributed by atoms with Crippen LogP contribution in [0.2, 0.25) is 0 Å². The number of carboxylic acid groups (broad SMARTS) is 1. The third kappa shape index (κ3) is 6.23. The van der Waals surface area contributed by atoms with Crippen LogP contribution in [0.25, 0.3) is 0 Å². The monoisotopic (exact) mass is 462 g/mol. The minimum atomic E-state index is -4.59. The Morgan fingerprint density at radius 2 is 1.28 bits per heavy atom. The Morgan fingerprint density at radius 1 is 0.844 bits per heavy atom. The van der Waals surface area contributed by atoms with Crippen molar-refractivity contribution in [3.05, 3.63) is 70.8 Å². The van der Waals surface area contributed by atoms with E-state index in [1.807, 2.05) is 0 Å². The number of carbonyl (C=O) groups is 1. The Bertz CT molecular complexity index is 864. The standard InChI is InChI=1S/C21H20F6N2O2.CH4/c22-20(23,24)16-5-1-3-14(11-16)19(15-4-2-6-17(12-15)21(25,26)27)29-9-7-28(8-10-29)13-18(30)31;/h1-6,11-12,19H,7-10,13H2,(H,30,31);1H4. The lowest BCUT2D eigenvalue weighted by Crippen LogP contribution is -2.49. The lowest BCUT2D eigenvalue weighted by molar-refractivity contribution is -0.139. The van der Waals surface area contributed by atoms with E-state index in [4.69, 9.17) is 5.11 Å². The van der Waals surface area contributed by atoms with Crippen molar-refractivity contribution in [2.45, 2.75) is 25.8 Å². The van der Waals surface area contributed by atoms with Gasteiger partial charge in [-0.05, 0) is 35.4 Å². The van der Waals surface area contributed by atoms with Crippen LogP contribution in [0.5, 0.6) is 0 Å². The molecule has 4 nitrogen and oxygen atoms in total. The molecule has 32 heavy (non-hydrogen) atoms. The fraction of sp³-hybridized carbons (Fsp3) is 0.409. The molecule has 0 atom stereocenters. The van der Waals surface area contributed by atoms with Crippen molar-refractivity contribution in [1.29, 1.82) is 0 Å². The Labute approximate surface area is 182 Å². The van der Waals surface area contributed by atoms with E-state index in [0.29, 0.717) is 26.2 Å². The largest absolute Gasteiger partial charge is 0.480 e. The van der Waals surface area contributed by atoms with Crippen LogP contribution in [0.15, 0.2) is 48.5 Å². The van der Waals surface area contributed by atoms with E-state index in [1.54, 1.807) is 9.80 Å². The van der Waals surface area contributed by atoms with Crippen molar-refractivity contribution < 1.29 is 36.2 Å². The Morgan fingerprint density at radius 3 is 1.66 bits per heavy atom. The molecule has 0 saturated carbocycles. The van der Waals surface area contributed by atoms with Crippen molar-refractivity contribution in [3.8, 4) is 0 Å². The quantitative estimate of drug-likeness (QED) is 0.624. The summed E-state index contributed by atoms with van der Waals surface area (Å²) in [5.74, 6) is -0.999. The topological polar surface area (TPSA) is 43.8 Å². The molecule has 1 aliphatic rings. The van der Waals surface area contributed by atoms with Gasteiger partial charge in [-0.2, -0.15) is 26.3 Å². The molecular formula is C22H24F6N2O2. The summed E-state index contributed by atoms with van der Waals surface area (Å²) in [6.45, 7) is 1.09. The van der Waals surface area contributed by atoms with Crippen molar-refractivity contribution in [3.63, 3.8) is 0 Å². The fourth-order valence-corrected chi connectivity index (χ4v) is 3.76. The van der Waals surface area contributed by atoms with Gasteiger partial charge in [0.1, 0.15) is 0 Å². The maximum Gasteiger partial charge on any atom is 0.416 e. The molecular weight excluding hydrogens is 438 g/mol. The van der Waals surface area contributed by atoms with Gasteiger partial charge in [-0.3, -0.25) is 14.6 Å². The maximum absolute atomic E-state index is 13.2. The average molecular weight is 462 g/mol. The first kappa shape index (κ1) is 25.7. The predicted molar refractivity (Wildman–Crippen MR) is 107 cm³/mol. The predicted octanol–water partition coefficient (Wildman–Crippen LogP) is 5.15. The second-order valence-electron chi connectivity index (χ2n) is 7.35.